The molecule has 31 heavy (non-hydrogen) atoms. The number of imidazole rings is 1. The Morgan fingerprint density at radius 3 is 2.45 bits per heavy atom. The third-order valence-electron chi connectivity index (χ3n) is 4.03. The van der Waals surface area contributed by atoms with E-state index < -0.39 is 48.4 Å². The zero-order valence-electron chi connectivity index (χ0n) is 17.1. The minimum Gasteiger partial charge on any atom is -0.480 e. The SMILES string of the molecule is CC(N)C(=O)NCC(=O)NC(CCCN=C(N)N)C(=O)NC(Cc1cnc[nH]1)C(=O)O. The van der Waals surface area contributed by atoms with Gasteiger partial charge in [-0.05, 0) is 19.8 Å². The van der Waals surface area contributed by atoms with Crippen molar-refractivity contribution < 1.29 is 24.3 Å². The van der Waals surface area contributed by atoms with Gasteiger partial charge in [-0.25, -0.2) is 9.78 Å². The lowest BCUT2D eigenvalue weighted by molar-refractivity contribution is -0.142. The molecule has 0 aliphatic rings. The second kappa shape index (κ2) is 12.8. The van der Waals surface area contributed by atoms with Crippen molar-refractivity contribution in [3.63, 3.8) is 0 Å². The molecule has 1 rings (SSSR count). The normalized spacial score (nSPS) is 13.4. The van der Waals surface area contributed by atoms with Gasteiger partial charge in [0, 0.05) is 24.9 Å². The van der Waals surface area contributed by atoms with Crippen LogP contribution in [-0.4, -0.2) is 75.9 Å². The van der Waals surface area contributed by atoms with E-state index in [2.05, 4.69) is 30.9 Å². The molecule has 3 amide bonds. The van der Waals surface area contributed by atoms with Crippen molar-refractivity contribution in [3.05, 3.63) is 18.2 Å². The first kappa shape index (κ1) is 25.4. The molecule has 0 bridgehead atoms. The van der Waals surface area contributed by atoms with E-state index in [1.165, 1.54) is 19.4 Å². The molecule has 0 spiro atoms. The average molecular weight is 439 g/mol. The lowest BCUT2D eigenvalue weighted by atomic mass is 10.1. The molecule has 0 fully saturated rings. The van der Waals surface area contributed by atoms with E-state index in [1.807, 2.05) is 0 Å². The Balaban J connectivity index is 2.77. The van der Waals surface area contributed by atoms with E-state index in [0.29, 0.717) is 12.1 Å². The summed E-state index contributed by atoms with van der Waals surface area (Å²) in [4.78, 5) is 58.3. The number of hydrogen-bond donors (Lipinski definition) is 8. The smallest absolute Gasteiger partial charge is 0.326 e. The number of nitrogens with two attached hydrogens (primary N) is 3. The molecule has 0 radical (unpaired) electrons. The number of guanidine groups is 1. The summed E-state index contributed by atoms with van der Waals surface area (Å²) < 4.78 is 0. The predicted molar refractivity (Wildman–Crippen MR) is 110 cm³/mol. The molecule has 3 unspecified atom stereocenters. The molecule has 0 saturated heterocycles. The summed E-state index contributed by atoms with van der Waals surface area (Å²) >= 11 is 0. The molecular formula is C17H29N9O5. The lowest BCUT2D eigenvalue weighted by Gasteiger charge is -2.21. The minimum absolute atomic E-state index is 0.0276. The number of carbonyl (C=O) groups excluding carboxylic acids is 3. The van der Waals surface area contributed by atoms with E-state index >= 15 is 0 Å². The topological polar surface area (TPSA) is 244 Å². The molecule has 0 saturated carbocycles. The van der Waals surface area contributed by atoms with Gasteiger partial charge in [-0.3, -0.25) is 19.4 Å². The molecule has 1 aromatic rings. The van der Waals surface area contributed by atoms with Crippen molar-refractivity contribution in [1.82, 2.24) is 25.9 Å². The van der Waals surface area contributed by atoms with Crippen LogP contribution in [0.15, 0.2) is 17.5 Å². The Hall–Kier alpha value is -3.68. The van der Waals surface area contributed by atoms with Gasteiger partial charge in [0.2, 0.25) is 17.7 Å². The van der Waals surface area contributed by atoms with E-state index in [9.17, 15) is 24.3 Å². The molecule has 1 heterocycles. The summed E-state index contributed by atoms with van der Waals surface area (Å²) in [5, 5.41) is 16.6. The van der Waals surface area contributed by atoms with Gasteiger partial charge in [-0.2, -0.15) is 0 Å². The number of aliphatic carboxylic acids is 1. The van der Waals surface area contributed by atoms with Gasteiger partial charge in [0.15, 0.2) is 5.96 Å². The highest BCUT2D eigenvalue weighted by Gasteiger charge is 2.27. The first-order chi connectivity index (χ1) is 14.6. The molecule has 0 aliphatic heterocycles. The zero-order chi connectivity index (χ0) is 23.4. The quantitative estimate of drug-likeness (QED) is 0.0862. The number of aliphatic imine (C=N–C) groups is 1. The van der Waals surface area contributed by atoms with Gasteiger partial charge >= 0.3 is 5.97 Å². The van der Waals surface area contributed by atoms with E-state index in [1.54, 1.807) is 0 Å². The van der Waals surface area contributed by atoms with Crippen LogP contribution in [0.2, 0.25) is 0 Å². The van der Waals surface area contributed by atoms with Crippen LogP contribution < -0.4 is 33.2 Å². The Bertz CT molecular complexity index is 775. The Kier molecular flexibility index (Phi) is 10.5. The number of aromatic amines is 1. The third kappa shape index (κ3) is 10.1. The van der Waals surface area contributed by atoms with Crippen LogP contribution in [0.3, 0.4) is 0 Å². The van der Waals surface area contributed by atoms with Crippen molar-refractivity contribution in [2.75, 3.05) is 13.1 Å². The van der Waals surface area contributed by atoms with Crippen LogP contribution in [0.4, 0.5) is 0 Å². The molecule has 14 heteroatoms. The van der Waals surface area contributed by atoms with Gasteiger partial charge in [0.25, 0.3) is 0 Å². The van der Waals surface area contributed by atoms with Crippen LogP contribution in [0.1, 0.15) is 25.5 Å². The Morgan fingerprint density at radius 1 is 1.19 bits per heavy atom. The van der Waals surface area contributed by atoms with Crippen molar-refractivity contribution in [3.8, 4) is 0 Å². The van der Waals surface area contributed by atoms with Crippen molar-refractivity contribution in [1.29, 1.82) is 0 Å². The molecule has 3 atom stereocenters. The molecule has 172 valence electrons. The van der Waals surface area contributed by atoms with E-state index in [-0.39, 0.29) is 25.3 Å². The monoisotopic (exact) mass is 439 g/mol. The van der Waals surface area contributed by atoms with Gasteiger partial charge in [0.05, 0.1) is 18.9 Å². The minimum atomic E-state index is -1.25. The average Bonchev–Trinajstić information content (AvgIpc) is 3.20. The fraction of sp³-hybridized carbons (Fsp3) is 0.529. The second-order valence-electron chi connectivity index (χ2n) is 6.76. The Morgan fingerprint density at radius 2 is 1.90 bits per heavy atom. The van der Waals surface area contributed by atoms with Crippen LogP contribution in [-0.2, 0) is 25.6 Å². The third-order valence-corrected chi connectivity index (χ3v) is 4.03. The van der Waals surface area contributed by atoms with Gasteiger partial charge in [-0.15, -0.1) is 0 Å². The molecule has 14 nitrogen and oxygen atoms in total. The fourth-order valence-corrected chi connectivity index (χ4v) is 2.43. The van der Waals surface area contributed by atoms with Crippen LogP contribution >= 0.6 is 0 Å². The fourth-order valence-electron chi connectivity index (χ4n) is 2.43. The van der Waals surface area contributed by atoms with Gasteiger partial charge in [-0.1, -0.05) is 0 Å². The summed E-state index contributed by atoms with van der Waals surface area (Å²) in [6, 6.07) is -3.12. The summed E-state index contributed by atoms with van der Waals surface area (Å²) in [6.07, 6.45) is 3.27. The Labute approximate surface area is 178 Å². The number of carboxylic acids is 1. The number of nitrogens with one attached hydrogen (secondary N) is 4. The highest BCUT2D eigenvalue weighted by atomic mass is 16.4. The maximum Gasteiger partial charge on any atom is 0.326 e. The number of carbonyl (C=O) groups is 4. The number of hydrogen-bond acceptors (Lipinski definition) is 7. The molecule has 1 aromatic heterocycles. The highest BCUT2D eigenvalue weighted by Crippen LogP contribution is 2.03. The molecular weight excluding hydrogens is 410 g/mol. The first-order valence-electron chi connectivity index (χ1n) is 9.48. The van der Waals surface area contributed by atoms with Crippen LogP contribution in [0, 0.1) is 0 Å². The van der Waals surface area contributed by atoms with Crippen molar-refractivity contribution in [2.24, 2.45) is 22.2 Å². The summed E-state index contributed by atoms with van der Waals surface area (Å²) in [5.41, 5.74) is 16.4. The van der Waals surface area contributed by atoms with Crippen molar-refractivity contribution in [2.45, 2.75) is 44.3 Å². The highest BCUT2D eigenvalue weighted by molar-refractivity contribution is 5.92. The standard InChI is InChI=1S/C17H29N9O5/c1-9(18)14(28)23-7-13(27)25-11(3-2-4-22-17(19)20)15(29)26-12(16(30)31)5-10-6-21-8-24-10/h6,8-9,11-12H,2-5,7,18H2,1H3,(H,21,24)(H,23,28)(H,25,27)(H,26,29)(H,30,31)(H4,19,20,22). The van der Waals surface area contributed by atoms with Gasteiger partial charge < -0.3 is 43.2 Å². The van der Waals surface area contributed by atoms with Gasteiger partial charge in [0.1, 0.15) is 12.1 Å². The number of amides is 3. The molecule has 0 aromatic carbocycles. The van der Waals surface area contributed by atoms with E-state index in [4.69, 9.17) is 17.2 Å². The largest absolute Gasteiger partial charge is 0.480 e. The maximum atomic E-state index is 12.7. The number of rotatable bonds is 13. The summed E-state index contributed by atoms with van der Waals surface area (Å²) in [6.45, 7) is 1.27. The number of aromatic nitrogens is 2. The van der Waals surface area contributed by atoms with Crippen LogP contribution in [0.25, 0.3) is 0 Å². The first-order valence-corrected chi connectivity index (χ1v) is 9.48. The van der Waals surface area contributed by atoms with E-state index in [0.717, 1.165) is 0 Å². The van der Waals surface area contributed by atoms with Crippen LogP contribution in [0.5, 0.6) is 0 Å². The predicted octanol–water partition coefficient (Wildman–Crippen LogP) is -3.48. The summed E-state index contributed by atoms with van der Waals surface area (Å²) in [7, 11) is 0. The second-order valence-corrected chi connectivity index (χ2v) is 6.76. The molecule has 0 aliphatic carbocycles. The number of nitrogens with zero attached hydrogens (tertiary/aromatic N) is 2. The lowest BCUT2D eigenvalue weighted by Crippen LogP contribution is -2.54. The zero-order valence-corrected chi connectivity index (χ0v) is 17.1. The molecule has 11 N–H and O–H groups in total. The maximum absolute atomic E-state index is 12.7. The van der Waals surface area contributed by atoms with Crippen molar-refractivity contribution >= 4 is 29.7 Å². The number of carboxylic acid groups (broad SMARTS) is 1. The number of H-pyrrole nitrogens is 1. The summed E-state index contributed by atoms with van der Waals surface area (Å²) in [5.74, 6) is -3.25.